The molecule has 0 fully saturated rings. The van der Waals surface area contributed by atoms with E-state index in [1.54, 1.807) is 16.7 Å². The molecule has 0 saturated carbocycles. The Bertz CT molecular complexity index is 823. The van der Waals surface area contributed by atoms with Gasteiger partial charge in [0.2, 0.25) is 11.8 Å². The molecule has 168 valence electrons. The van der Waals surface area contributed by atoms with E-state index >= 15 is 0 Å². The van der Waals surface area contributed by atoms with Crippen LogP contribution >= 0.6 is 11.8 Å². The van der Waals surface area contributed by atoms with Crippen molar-refractivity contribution in [2.75, 3.05) is 18.8 Å². The summed E-state index contributed by atoms with van der Waals surface area (Å²) in [5, 5.41) is 3.02. The fourth-order valence-corrected chi connectivity index (χ4v) is 4.41. The highest BCUT2D eigenvalue weighted by Crippen LogP contribution is 2.18. The largest absolute Gasteiger partial charge is 0.354 e. The second-order valence-electron chi connectivity index (χ2n) is 8.31. The van der Waals surface area contributed by atoms with Gasteiger partial charge in [-0.3, -0.25) is 9.59 Å². The van der Waals surface area contributed by atoms with Gasteiger partial charge in [0.1, 0.15) is 6.04 Å². The number of carbonyl (C=O) groups excluding carboxylic acids is 2. The Hall–Kier alpha value is -2.27. The van der Waals surface area contributed by atoms with Crippen LogP contribution in [0.5, 0.6) is 0 Å². The predicted molar refractivity (Wildman–Crippen MR) is 131 cm³/mol. The molecule has 5 heteroatoms. The van der Waals surface area contributed by atoms with Crippen LogP contribution in [0.25, 0.3) is 0 Å². The van der Waals surface area contributed by atoms with Gasteiger partial charge in [-0.15, -0.1) is 11.8 Å². The molecule has 4 nitrogen and oxygen atoms in total. The minimum Gasteiger partial charge on any atom is -0.354 e. The maximum absolute atomic E-state index is 13.2. The van der Waals surface area contributed by atoms with Gasteiger partial charge < -0.3 is 10.2 Å². The van der Waals surface area contributed by atoms with Crippen molar-refractivity contribution >= 4 is 23.6 Å². The van der Waals surface area contributed by atoms with Crippen molar-refractivity contribution in [1.82, 2.24) is 10.2 Å². The first-order valence-corrected chi connectivity index (χ1v) is 12.3. The van der Waals surface area contributed by atoms with Gasteiger partial charge in [0.15, 0.2) is 0 Å². The molecule has 1 N–H and O–H groups in total. The summed E-state index contributed by atoms with van der Waals surface area (Å²) in [6.45, 7) is 9.38. The minimum absolute atomic E-state index is 0.0288. The lowest BCUT2D eigenvalue weighted by atomic mass is 10.1. The van der Waals surface area contributed by atoms with Gasteiger partial charge in [0.25, 0.3) is 0 Å². The van der Waals surface area contributed by atoms with E-state index in [1.807, 2.05) is 37.3 Å². The number of nitrogens with zero attached hydrogens (tertiary/aromatic N) is 1. The summed E-state index contributed by atoms with van der Waals surface area (Å²) < 4.78 is 0. The molecule has 31 heavy (non-hydrogen) atoms. The van der Waals surface area contributed by atoms with Crippen LogP contribution in [0.15, 0.2) is 54.6 Å². The Morgan fingerprint density at radius 1 is 1.03 bits per heavy atom. The number of hydrogen-bond donors (Lipinski definition) is 1. The van der Waals surface area contributed by atoms with Crippen LogP contribution in [-0.2, 0) is 21.8 Å². The van der Waals surface area contributed by atoms with Crippen LogP contribution in [0.2, 0.25) is 0 Å². The van der Waals surface area contributed by atoms with Crippen molar-refractivity contribution < 1.29 is 9.59 Å². The van der Waals surface area contributed by atoms with Crippen LogP contribution in [-0.4, -0.2) is 41.6 Å². The highest BCUT2D eigenvalue weighted by molar-refractivity contribution is 7.99. The fraction of sp³-hybridized carbons (Fsp3) is 0.462. The Morgan fingerprint density at radius 2 is 1.71 bits per heavy atom. The zero-order chi connectivity index (χ0) is 22.6. The van der Waals surface area contributed by atoms with Crippen molar-refractivity contribution in [3.8, 4) is 0 Å². The second-order valence-corrected chi connectivity index (χ2v) is 9.29. The highest BCUT2D eigenvalue weighted by Gasteiger charge is 2.28. The molecule has 2 aromatic rings. The van der Waals surface area contributed by atoms with Crippen LogP contribution in [0.1, 0.15) is 43.9 Å². The Balaban J connectivity index is 2.05. The third kappa shape index (κ3) is 8.41. The molecule has 1 unspecified atom stereocenters. The molecular formula is C26H36N2O2S. The summed E-state index contributed by atoms with van der Waals surface area (Å²) >= 11 is 1.61. The summed E-state index contributed by atoms with van der Waals surface area (Å²) in [6.07, 6.45) is 1.34. The van der Waals surface area contributed by atoms with E-state index in [4.69, 9.17) is 0 Å². The molecule has 0 bridgehead atoms. The van der Waals surface area contributed by atoms with Crippen LogP contribution < -0.4 is 5.32 Å². The molecule has 2 rings (SSSR count). The first-order valence-electron chi connectivity index (χ1n) is 11.2. The van der Waals surface area contributed by atoms with Gasteiger partial charge in [-0.2, -0.15) is 0 Å². The number of amides is 2. The normalized spacial score (nSPS) is 11.9. The maximum Gasteiger partial charge on any atom is 0.242 e. The Kier molecular flexibility index (Phi) is 10.6. The summed E-state index contributed by atoms with van der Waals surface area (Å²) in [7, 11) is 0. The number of aryl methyl sites for hydroxylation is 1. The molecule has 2 amide bonds. The van der Waals surface area contributed by atoms with Gasteiger partial charge in [-0.25, -0.2) is 0 Å². The molecule has 1 atom stereocenters. The highest BCUT2D eigenvalue weighted by atomic mass is 32.2. The molecule has 0 aliphatic carbocycles. The average molecular weight is 441 g/mol. The second kappa shape index (κ2) is 13.2. The molecule has 0 spiro atoms. The lowest BCUT2D eigenvalue weighted by Gasteiger charge is -2.31. The van der Waals surface area contributed by atoms with Gasteiger partial charge in [-0.05, 0) is 42.4 Å². The van der Waals surface area contributed by atoms with Gasteiger partial charge in [0.05, 0.1) is 5.75 Å². The van der Waals surface area contributed by atoms with Crippen molar-refractivity contribution in [2.24, 2.45) is 5.92 Å². The average Bonchev–Trinajstić information content (AvgIpc) is 2.76. The zero-order valence-corrected chi connectivity index (χ0v) is 20.1. The van der Waals surface area contributed by atoms with Crippen LogP contribution in [0.4, 0.5) is 0 Å². The van der Waals surface area contributed by atoms with E-state index in [0.29, 0.717) is 31.2 Å². The molecular weight excluding hydrogens is 404 g/mol. The minimum atomic E-state index is -0.436. The Labute approximate surface area is 191 Å². The molecule has 0 aromatic heterocycles. The van der Waals surface area contributed by atoms with Crippen molar-refractivity contribution in [3.63, 3.8) is 0 Å². The van der Waals surface area contributed by atoms with Crippen LogP contribution in [0, 0.1) is 12.8 Å². The third-order valence-corrected chi connectivity index (χ3v) is 6.27. The number of nitrogens with one attached hydrogen (secondary N) is 1. The van der Waals surface area contributed by atoms with E-state index in [9.17, 15) is 9.59 Å². The fourth-order valence-electron chi connectivity index (χ4n) is 3.42. The van der Waals surface area contributed by atoms with Crippen molar-refractivity contribution in [2.45, 2.75) is 52.3 Å². The monoisotopic (exact) mass is 440 g/mol. The van der Waals surface area contributed by atoms with E-state index in [-0.39, 0.29) is 11.8 Å². The topological polar surface area (TPSA) is 49.4 Å². The zero-order valence-electron chi connectivity index (χ0n) is 19.3. The first kappa shape index (κ1) is 25.0. The summed E-state index contributed by atoms with van der Waals surface area (Å²) in [5.41, 5.74) is 3.66. The van der Waals surface area contributed by atoms with Crippen molar-refractivity contribution in [1.29, 1.82) is 0 Å². The summed E-state index contributed by atoms with van der Waals surface area (Å²) in [5.74, 6) is 1.51. The number of thioether (sulfide) groups is 1. The van der Waals surface area contributed by atoms with Crippen LogP contribution in [0.3, 0.4) is 0 Å². The summed E-state index contributed by atoms with van der Waals surface area (Å²) in [4.78, 5) is 27.9. The van der Waals surface area contributed by atoms with E-state index in [1.165, 1.54) is 16.7 Å². The SMILES string of the molecule is CCC(C(=O)NCC(C)C)N(CCc1ccccc1)C(=O)CSCc1ccccc1C. The number of benzene rings is 2. The standard InChI is InChI=1S/C26H36N2O2S/c1-5-24(26(30)27-17-20(2)3)28(16-15-22-12-7-6-8-13-22)25(29)19-31-18-23-14-10-9-11-21(23)4/h6-14,20,24H,5,15-19H2,1-4H3,(H,27,30). The van der Waals surface area contributed by atoms with Gasteiger partial charge in [0, 0.05) is 18.8 Å². The van der Waals surface area contributed by atoms with E-state index < -0.39 is 6.04 Å². The quantitative estimate of drug-likeness (QED) is 0.513. The first-order chi connectivity index (χ1) is 14.9. The number of hydrogen-bond acceptors (Lipinski definition) is 3. The lowest BCUT2D eigenvalue weighted by Crippen LogP contribution is -2.51. The lowest BCUT2D eigenvalue weighted by molar-refractivity contribution is -0.138. The Morgan fingerprint density at radius 3 is 2.35 bits per heavy atom. The van der Waals surface area contributed by atoms with E-state index in [0.717, 1.165) is 12.2 Å². The molecule has 0 aliphatic heterocycles. The third-order valence-electron chi connectivity index (χ3n) is 5.30. The smallest absolute Gasteiger partial charge is 0.242 e. The molecule has 0 aliphatic rings. The summed E-state index contributed by atoms with van der Waals surface area (Å²) in [6, 6.07) is 18.0. The van der Waals surface area contributed by atoms with Gasteiger partial charge >= 0.3 is 0 Å². The molecule has 2 aromatic carbocycles. The molecule has 0 radical (unpaired) electrons. The molecule has 0 saturated heterocycles. The van der Waals surface area contributed by atoms with Crippen molar-refractivity contribution in [3.05, 3.63) is 71.3 Å². The molecule has 0 heterocycles. The predicted octanol–water partition coefficient (Wildman–Crippen LogP) is 4.85. The van der Waals surface area contributed by atoms with E-state index in [2.05, 4.69) is 50.4 Å². The number of rotatable bonds is 12. The maximum atomic E-state index is 13.2. The number of carbonyl (C=O) groups is 2. The van der Waals surface area contributed by atoms with Gasteiger partial charge in [-0.1, -0.05) is 75.4 Å².